The zero-order valence-electron chi connectivity index (χ0n) is 8.75. The largest absolute Gasteiger partial charge is 0.339 e. The van der Waals surface area contributed by atoms with E-state index in [9.17, 15) is 0 Å². The van der Waals surface area contributed by atoms with Crippen LogP contribution >= 0.6 is 11.8 Å². The first-order valence-electron chi connectivity index (χ1n) is 4.90. The highest BCUT2D eigenvalue weighted by molar-refractivity contribution is 7.98. The van der Waals surface area contributed by atoms with Gasteiger partial charge in [0.05, 0.1) is 5.75 Å². The van der Waals surface area contributed by atoms with Crippen molar-refractivity contribution in [1.82, 2.24) is 15.5 Å². The molecule has 1 aromatic heterocycles. The highest BCUT2D eigenvalue weighted by atomic mass is 32.2. The Balaban J connectivity index is 2.27. The number of aryl methyl sites for hydroxylation is 1. The third-order valence-electron chi connectivity index (χ3n) is 1.76. The standard InChI is InChI=1S/C9H17N3OS/c1-3-14-7-8-11-9(13-12-8)5-4-6-10-2/h10H,3-7H2,1-2H3. The smallest absolute Gasteiger partial charge is 0.226 e. The van der Waals surface area contributed by atoms with Gasteiger partial charge in [-0.2, -0.15) is 16.7 Å². The molecule has 14 heavy (non-hydrogen) atoms. The monoisotopic (exact) mass is 215 g/mol. The average Bonchev–Trinajstić information content (AvgIpc) is 2.63. The Kier molecular flexibility index (Phi) is 5.63. The highest BCUT2D eigenvalue weighted by Crippen LogP contribution is 2.09. The van der Waals surface area contributed by atoms with Crippen LogP contribution in [0.1, 0.15) is 25.1 Å². The molecule has 1 aromatic rings. The van der Waals surface area contributed by atoms with Gasteiger partial charge in [-0.15, -0.1) is 0 Å². The van der Waals surface area contributed by atoms with Crippen molar-refractivity contribution in [3.05, 3.63) is 11.7 Å². The molecule has 1 heterocycles. The lowest BCUT2D eigenvalue weighted by Crippen LogP contribution is -2.08. The molecular weight excluding hydrogens is 198 g/mol. The molecule has 0 radical (unpaired) electrons. The van der Waals surface area contributed by atoms with E-state index in [1.54, 1.807) is 11.8 Å². The van der Waals surface area contributed by atoms with Crippen molar-refractivity contribution in [3.63, 3.8) is 0 Å². The first kappa shape index (κ1) is 11.5. The molecule has 0 aliphatic carbocycles. The van der Waals surface area contributed by atoms with E-state index in [-0.39, 0.29) is 0 Å². The molecular formula is C9H17N3OS. The molecule has 0 saturated carbocycles. The Morgan fingerprint density at radius 2 is 2.36 bits per heavy atom. The van der Waals surface area contributed by atoms with E-state index < -0.39 is 0 Å². The molecule has 0 aliphatic heterocycles. The predicted octanol–water partition coefficient (Wildman–Crippen LogP) is 1.47. The quantitative estimate of drug-likeness (QED) is 0.698. The van der Waals surface area contributed by atoms with Crippen LogP contribution in [0.25, 0.3) is 0 Å². The molecule has 4 nitrogen and oxygen atoms in total. The molecule has 0 atom stereocenters. The van der Waals surface area contributed by atoms with Crippen molar-refractivity contribution in [2.45, 2.75) is 25.5 Å². The maximum Gasteiger partial charge on any atom is 0.226 e. The molecule has 1 rings (SSSR count). The van der Waals surface area contributed by atoms with Gasteiger partial charge in [-0.3, -0.25) is 0 Å². The summed E-state index contributed by atoms with van der Waals surface area (Å²) in [5.41, 5.74) is 0. The van der Waals surface area contributed by atoms with Crippen molar-refractivity contribution < 1.29 is 4.52 Å². The molecule has 0 spiro atoms. The zero-order chi connectivity index (χ0) is 10.2. The minimum atomic E-state index is 0.756. The van der Waals surface area contributed by atoms with Gasteiger partial charge in [-0.05, 0) is 25.8 Å². The van der Waals surface area contributed by atoms with Gasteiger partial charge in [-0.1, -0.05) is 12.1 Å². The first-order chi connectivity index (χ1) is 6.86. The van der Waals surface area contributed by atoms with Gasteiger partial charge >= 0.3 is 0 Å². The Labute approximate surface area is 88.8 Å². The summed E-state index contributed by atoms with van der Waals surface area (Å²) in [4.78, 5) is 4.29. The zero-order valence-corrected chi connectivity index (χ0v) is 9.56. The fourth-order valence-corrected chi connectivity index (χ4v) is 1.56. The molecule has 0 unspecified atom stereocenters. The summed E-state index contributed by atoms with van der Waals surface area (Å²) in [5, 5.41) is 6.99. The van der Waals surface area contributed by atoms with Crippen LogP contribution in [-0.2, 0) is 12.2 Å². The predicted molar refractivity (Wildman–Crippen MR) is 58.4 cm³/mol. The number of rotatable bonds is 7. The Hall–Kier alpha value is -0.550. The molecule has 0 aliphatic rings. The molecule has 0 aromatic carbocycles. The molecule has 5 heteroatoms. The molecule has 0 fully saturated rings. The third kappa shape index (κ3) is 4.11. The van der Waals surface area contributed by atoms with Crippen LogP contribution in [0.15, 0.2) is 4.52 Å². The maximum absolute atomic E-state index is 5.11. The normalized spacial score (nSPS) is 10.7. The van der Waals surface area contributed by atoms with Crippen LogP contribution in [0, 0.1) is 0 Å². The summed E-state index contributed by atoms with van der Waals surface area (Å²) < 4.78 is 5.11. The van der Waals surface area contributed by atoms with Gasteiger partial charge in [0, 0.05) is 6.42 Å². The third-order valence-corrected chi connectivity index (χ3v) is 2.63. The summed E-state index contributed by atoms with van der Waals surface area (Å²) in [6, 6.07) is 0. The number of hydrogen-bond acceptors (Lipinski definition) is 5. The van der Waals surface area contributed by atoms with Gasteiger partial charge in [0.2, 0.25) is 5.89 Å². The Morgan fingerprint density at radius 3 is 3.07 bits per heavy atom. The summed E-state index contributed by atoms with van der Waals surface area (Å²) in [5.74, 6) is 3.51. The van der Waals surface area contributed by atoms with E-state index in [2.05, 4.69) is 22.4 Å². The van der Waals surface area contributed by atoms with Crippen LogP contribution in [0.2, 0.25) is 0 Å². The van der Waals surface area contributed by atoms with E-state index in [4.69, 9.17) is 4.52 Å². The van der Waals surface area contributed by atoms with Crippen molar-refractivity contribution in [3.8, 4) is 0 Å². The number of nitrogens with one attached hydrogen (secondary N) is 1. The molecule has 0 bridgehead atoms. The fourth-order valence-electron chi connectivity index (χ4n) is 1.06. The van der Waals surface area contributed by atoms with E-state index in [1.807, 2.05) is 7.05 Å². The SMILES string of the molecule is CCSCc1noc(CCCNC)n1. The second-order valence-corrected chi connectivity index (χ2v) is 4.22. The van der Waals surface area contributed by atoms with Gasteiger partial charge in [-0.25, -0.2) is 0 Å². The lowest BCUT2D eigenvalue weighted by Gasteiger charge is -1.93. The Morgan fingerprint density at radius 1 is 1.50 bits per heavy atom. The highest BCUT2D eigenvalue weighted by Gasteiger charge is 2.04. The lowest BCUT2D eigenvalue weighted by molar-refractivity contribution is 0.371. The van der Waals surface area contributed by atoms with Crippen molar-refractivity contribution in [2.24, 2.45) is 0 Å². The van der Waals surface area contributed by atoms with Crippen LogP contribution in [0.4, 0.5) is 0 Å². The summed E-state index contributed by atoms with van der Waals surface area (Å²) >= 11 is 1.81. The number of hydrogen-bond donors (Lipinski definition) is 1. The molecule has 0 amide bonds. The maximum atomic E-state index is 5.11. The van der Waals surface area contributed by atoms with E-state index in [1.165, 1.54) is 0 Å². The average molecular weight is 215 g/mol. The van der Waals surface area contributed by atoms with Gasteiger partial charge < -0.3 is 9.84 Å². The Bertz CT molecular complexity index is 252. The fraction of sp³-hybridized carbons (Fsp3) is 0.778. The van der Waals surface area contributed by atoms with Gasteiger partial charge in [0.15, 0.2) is 5.82 Å². The van der Waals surface area contributed by atoms with E-state index in [0.717, 1.165) is 42.6 Å². The molecule has 1 N–H and O–H groups in total. The number of nitrogens with zero attached hydrogens (tertiary/aromatic N) is 2. The minimum absolute atomic E-state index is 0.756. The second kappa shape index (κ2) is 6.84. The van der Waals surface area contributed by atoms with Gasteiger partial charge in [0.25, 0.3) is 0 Å². The van der Waals surface area contributed by atoms with Crippen LogP contribution in [-0.4, -0.2) is 29.5 Å². The summed E-state index contributed by atoms with van der Waals surface area (Å²) in [7, 11) is 1.94. The minimum Gasteiger partial charge on any atom is -0.339 e. The van der Waals surface area contributed by atoms with Crippen LogP contribution < -0.4 is 5.32 Å². The second-order valence-electron chi connectivity index (χ2n) is 2.95. The topological polar surface area (TPSA) is 51.0 Å². The van der Waals surface area contributed by atoms with Crippen LogP contribution in [0.3, 0.4) is 0 Å². The lowest BCUT2D eigenvalue weighted by atomic mass is 10.3. The van der Waals surface area contributed by atoms with E-state index in [0.29, 0.717) is 0 Å². The van der Waals surface area contributed by atoms with Crippen molar-refractivity contribution in [2.75, 3.05) is 19.3 Å². The van der Waals surface area contributed by atoms with E-state index >= 15 is 0 Å². The van der Waals surface area contributed by atoms with Crippen molar-refractivity contribution in [1.29, 1.82) is 0 Å². The molecule has 80 valence electrons. The first-order valence-corrected chi connectivity index (χ1v) is 6.06. The van der Waals surface area contributed by atoms with Crippen LogP contribution in [0.5, 0.6) is 0 Å². The van der Waals surface area contributed by atoms with Crippen molar-refractivity contribution >= 4 is 11.8 Å². The number of aromatic nitrogens is 2. The molecule has 0 saturated heterocycles. The number of thioether (sulfide) groups is 1. The summed E-state index contributed by atoms with van der Waals surface area (Å²) in [6.07, 6.45) is 1.91. The summed E-state index contributed by atoms with van der Waals surface area (Å²) in [6.45, 7) is 3.11. The van der Waals surface area contributed by atoms with Gasteiger partial charge in [0.1, 0.15) is 0 Å².